The van der Waals surface area contributed by atoms with E-state index in [-0.39, 0.29) is 6.61 Å². The predicted molar refractivity (Wildman–Crippen MR) is 65.7 cm³/mol. The van der Waals surface area contributed by atoms with Crippen molar-refractivity contribution in [1.29, 1.82) is 0 Å². The van der Waals surface area contributed by atoms with Crippen molar-refractivity contribution in [1.82, 2.24) is 4.98 Å². The van der Waals surface area contributed by atoms with Gasteiger partial charge in [0.05, 0.1) is 6.61 Å². The Morgan fingerprint density at radius 2 is 1.94 bits per heavy atom. The van der Waals surface area contributed by atoms with Crippen LogP contribution in [0.5, 0.6) is 0 Å². The molecule has 1 aromatic heterocycles. The Kier molecular flexibility index (Phi) is 3.44. The summed E-state index contributed by atoms with van der Waals surface area (Å²) < 4.78 is 0. The number of aliphatic hydroxyl groups is 1. The summed E-state index contributed by atoms with van der Waals surface area (Å²) in [4.78, 5) is 6.91. The SMILES string of the molecule is Cc1cc(C)c(CO)c(N2CCCCC2)n1. The van der Waals surface area contributed by atoms with E-state index in [2.05, 4.69) is 9.88 Å². The van der Waals surface area contributed by atoms with Crippen LogP contribution in [0.25, 0.3) is 0 Å². The summed E-state index contributed by atoms with van der Waals surface area (Å²) in [6, 6.07) is 2.04. The minimum Gasteiger partial charge on any atom is -0.392 e. The highest BCUT2D eigenvalue weighted by atomic mass is 16.3. The zero-order valence-electron chi connectivity index (χ0n) is 10.2. The minimum atomic E-state index is 0.0882. The number of hydrogen-bond acceptors (Lipinski definition) is 3. The third-order valence-corrected chi connectivity index (χ3v) is 3.27. The normalized spacial score (nSPS) is 16.6. The molecule has 1 aromatic rings. The molecule has 0 unspecified atom stereocenters. The van der Waals surface area contributed by atoms with Crippen molar-refractivity contribution < 1.29 is 5.11 Å². The Bertz CT molecular complexity index is 370. The summed E-state index contributed by atoms with van der Waals surface area (Å²) in [6.07, 6.45) is 3.79. The number of pyridine rings is 1. The standard InChI is InChI=1S/C13H20N2O/c1-10-8-11(2)14-13(12(10)9-16)15-6-4-3-5-7-15/h8,16H,3-7,9H2,1-2H3. The first-order chi connectivity index (χ1) is 7.72. The molecule has 1 saturated heterocycles. The van der Waals surface area contributed by atoms with Crippen LogP contribution in [0.3, 0.4) is 0 Å². The fourth-order valence-corrected chi connectivity index (χ4v) is 2.41. The lowest BCUT2D eigenvalue weighted by molar-refractivity contribution is 0.280. The fraction of sp³-hybridized carbons (Fsp3) is 0.615. The second-order valence-electron chi connectivity index (χ2n) is 4.59. The van der Waals surface area contributed by atoms with Crippen LogP contribution in [0.15, 0.2) is 6.07 Å². The number of nitrogens with zero attached hydrogens (tertiary/aromatic N) is 2. The number of piperidine rings is 1. The molecular weight excluding hydrogens is 200 g/mol. The maximum Gasteiger partial charge on any atom is 0.134 e. The molecule has 0 spiro atoms. The molecule has 0 aromatic carbocycles. The Morgan fingerprint density at radius 3 is 2.56 bits per heavy atom. The van der Waals surface area contributed by atoms with Crippen molar-refractivity contribution in [2.24, 2.45) is 0 Å². The maximum absolute atomic E-state index is 9.45. The second kappa shape index (κ2) is 4.83. The Morgan fingerprint density at radius 1 is 1.25 bits per heavy atom. The first kappa shape index (κ1) is 11.4. The van der Waals surface area contributed by atoms with Crippen LogP contribution in [0.4, 0.5) is 5.82 Å². The molecule has 16 heavy (non-hydrogen) atoms. The van der Waals surface area contributed by atoms with Gasteiger partial charge in [0.2, 0.25) is 0 Å². The highest BCUT2D eigenvalue weighted by Gasteiger charge is 2.17. The molecule has 0 amide bonds. The smallest absolute Gasteiger partial charge is 0.134 e. The van der Waals surface area contributed by atoms with Crippen molar-refractivity contribution in [2.75, 3.05) is 18.0 Å². The van der Waals surface area contributed by atoms with Gasteiger partial charge in [-0.2, -0.15) is 0 Å². The molecule has 2 heterocycles. The van der Waals surface area contributed by atoms with Crippen LogP contribution in [0.1, 0.15) is 36.1 Å². The summed E-state index contributed by atoms with van der Waals surface area (Å²) in [5, 5.41) is 9.45. The summed E-state index contributed by atoms with van der Waals surface area (Å²) in [7, 11) is 0. The van der Waals surface area contributed by atoms with Gasteiger partial charge in [-0.25, -0.2) is 4.98 Å². The zero-order valence-corrected chi connectivity index (χ0v) is 10.2. The molecule has 0 radical (unpaired) electrons. The number of aromatic nitrogens is 1. The predicted octanol–water partition coefficient (Wildman–Crippen LogP) is 2.18. The number of hydrogen-bond donors (Lipinski definition) is 1. The number of anilines is 1. The topological polar surface area (TPSA) is 36.4 Å². The van der Waals surface area contributed by atoms with Crippen LogP contribution in [-0.2, 0) is 6.61 Å². The lowest BCUT2D eigenvalue weighted by atomic mass is 10.1. The summed E-state index contributed by atoms with van der Waals surface area (Å²) in [5.74, 6) is 1.000. The van der Waals surface area contributed by atoms with Gasteiger partial charge in [-0.15, -0.1) is 0 Å². The van der Waals surface area contributed by atoms with E-state index in [9.17, 15) is 5.11 Å². The van der Waals surface area contributed by atoms with Crippen LogP contribution in [0, 0.1) is 13.8 Å². The Balaban J connectivity index is 2.36. The molecule has 1 aliphatic heterocycles. The molecule has 1 aliphatic rings. The van der Waals surface area contributed by atoms with Gasteiger partial charge in [-0.05, 0) is 44.7 Å². The number of aliphatic hydroxyl groups excluding tert-OH is 1. The molecule has 1 N–H and O–H groups in total. The maximum atomic E-state index is 9.45. The molecule has 0 saturated carbocycles. The first-order valence-corrected chi connectivity index (χ1v) is 6.05. The third kappa shape index (κ3) is 2.19. The molecule has 0 atom stereocenters. The van der Waals surface area contributed by atoms with E-state index in [4.69, 9.17) is 0 Å². The van der Waals surface area contributed by atoms with Gasteiger partial charge in [0.1, 0.15) is 5.82 Å². The van der Waals surface area contributed by atoms with Crippen molar-refractivity contribution in [2.45, 2.75) is 39.7 Å². The van der Waals surface area contributed by atoms with Gasteiger partial charge < -0.3 is 10.0 Å². The molecule has 0 bridgehead atoms. The van der Waals surface area contributed by atoms with E-state index in [1.807, 2.05) is 19.9 Å². The number of aryl methyl sites for hydroxylation is 2. The van der Waals surface area contributed by atoms with E-state index in [0.29, 0.717) is 0 Å². The van der Waals surface area contributed by atoms with E-state index in [0.717, 1.165) is 35.7 Å². The van der Waals surface area contributed by atoms with Crippen LogP contribution in [-0.4, -0.2) is 23.2 Å². The van der Waals surface area contributed by atoms with Gasteiger partial charge >= 0.3 is 0 Å². The Labute approximate surface area is 97.1 Å². The van der Waals surface area contributed by atoms with E-state index < -0.39 is 0 Å². The molecule has 3 nitrogen and oxygen atoms in total. The first-order valence-electron chi connectivity index (χ1n) is 6.05. The molecule has 2 rings (SSSR count). The third-order valence-electron chi connectivity index (χ3n) is 3.27. The molecular formula is C13H20N2O. The summed E-state index contributed by atoms with van der Waals surface area (Å²) in [6.45, 7) is 6.30. The average molecular weight is 220 g/mol. The highest BCUT2D eigenvalue weighted by molar-refractivity contribution is 5.51. The lowest BCUT2D eigenvalue weighted by Crippen LogP contribution is -2.31. The lowest BCUT2D eigenvalue weighted by Gasteiger charge is -2.30. The monoisotopic (exact) mass is 220 g/mol. The van der Waals surface area contributed by atoms with Crippen molar-refractivity contribution in [3.8, 4) is 0 Å². The Hall–Kier alpha value is -1.09. The van der Waals surface area contributed by atoms with Crippen LogP contribution >= 0.6 is 0 Å². The molecule has 88 valence electrons. The van der Waals surface area contributed by atoms with Crippen LogP contribution in [0.2, 0.25) is 0 Å². The van der Waals surface area contributed by atoms with Gasteiger partial charge in [-0.3, -0.25) is 0 Å². The number of rotatable bonds is 2. The van der Waals surface area contributed by atoms with Gasteiger partial charge in [0.25, 0.3) is 0 Å². The van der Waals surface area contributed by atoms with E-state index in [1.54, 1.807) is 0 Å². The van der Waals surface area contributed by atoms with Crippen LogP contribution < -0.4 is 4.90 Å². The van der Waals surface area contributed by atoms with Gasteiger partial charge in [-0.1, -0.05) is 0 Å². The van der Waals surface area contributed by atoms with Gasteiger partial charge in [0, 0.05) is 24.3 Å². The second-order valence-corrected chi connectivity index (χ2v) is 4.59. The molecule has 1 fully saturated rings. The van der Waals surface area contributed by atoms with E-state index >= 15 is 0 Å². The fourth-order valence-electron chi connectivity index (χ4n) is 2.41. The molecule has 3 heteroatoms. The zero-order chi connectivity index (χ0) is 11.5. The van der Waals surface area contributed by atoms with Crippen molar-refractivity contribution in [3.63, 3.8) is 0 Å². The average Bonchev–Trinajstić information content (AvgIpc) is 2.29. The quantitative estimate of drug-likeness (QED) is 0.830. The van der Waals surface area contributed by atoms with E-state index in [1.165, 1.54) is 19.3 Å². The van der Waals surface area contributed by atoms with Crippen molar-refractivity contribution in [3.05, 3.63) is 22.9 Å². The largest absolute Gasteiger partial charge is 0.392 e. The minimum absolute atomic E-state index is 0.0882. The molecule has 0 aliphatic carbocycles. The van der Waals surface area contributed by atoms with Gasteiger partial charge in [0.15, 0.2) is 0 Å². The van der Waals surface area contributed by atoms with Crippen molar-refractivity contribution >= 4 is 5.82 Å². The summed E-state index contributed by atoms with van der Waals surface area (Å²) in [5.41, 5.74) is 3.18. The summed E-state index contributed by atoms with van der Waals surface area (Å²) >= 11 is 0. The highest BCUT2D eigenvalue weighted by Crippen LogP contribution is 2.25.